The molecule has 2 rings (SSSR count). The lowest BCUT2D eigenvalue weighted by Crippen LogP contribution is -2.07. The molecule has 0 spiro atoms. The first-order chi connectivity index (χ1) is 9.61. The lowest BCUT2D eigenvalue weighted by molar-refractivity contribution is 0.280. The molecule has 0 saturated carbocycles. The smallest absolute Gasteiger partial charge is 0.165 e. The van der Waals surface area contributed by atoms with Crippen molar-refractivity contribution in [2.75, 3.05) is 0 Å². The number of rotatable bonds is 6. The molecule has 0 fully saturated rings. The first kappa shape index (κ1) is 14.5. The van der Waals surface area contributed by atoms with Gasteiger partial charge in [-0.2, -0.15) is 0 Å². The maximum absolute atomic E-state index is 13.9. The van der Waals surface area contributed by atoms with Gasteiger partial charge in [0.25, 0.3) is 0 Å². The van der Waals surface area contributed by atoms with Crippen LogP contribution in [0.1, 0.15) is 37.6 Å². The van der Waals surface area contributed by atoms with Crippen molar-refractivity contribution in [2.45, 2.75) is 39.5 Å². The van der Waals surface area contributed by atoms with Gasteiger partial charge in [-0.3, -0.25) is 0 Å². The summed E-state index contributed by atoms with van der Waals surface area (Å²) in [6.45, 7) is 5.09. The Morgan fingerprint density at radius 1 is 1.45 bits per heavy atom. The summed E-state index contributed by atoms with van der Waals surface area (Å²) in [6.07, 6.45) is 4.52. The highest BCUT2D eigenvalue weighted by atomic mass is 19.1. The van der Waals surface area contributed by atoms with Crippen molar-refractivity contribution in [2.24, 2.45) is 5.73 Å². The Balaban J connectivity index is 2.05. The molecule has 0 amide bonds. The molecule has 2 aromatic rings. The highest BCUT2D eigenvalue weighted by molar-refractivity contribution is 5.30. The fraction of sp³-hybridized carbons (Fsp3) is 0.400. The number of nitrogens with zero attached hydrogens (tertiary/aromatic N) is 2. The maximum Gasteiger partial charge on any atom is 0.165 e. The third kappa shape index (κ3) is 3.36. The van der Waals surface area contributed by atoms with E-state index in [0.29, 0.717) is 6.61 Å². The second-order valence-corrected chi connectivity index (χ2v) is 4.85. The van der Waals surface area contributed by atoms with Gasteiger partial charge >= 0.3 is 0 Å². The molecule has 0 aliphatic rings. The van der Waals surface area contributed by atoms with Gasteiger partial charge in [-0.05, 0) is 31.0 Å². The van der Waals surface area contributed by atoms with Gasteiger partial charge < -0.3 is 15.0 Å². The van der Waals surface area contributed by atoms with Crippen molar-refractivity contribution >= 4 is 0 Å². The van der Waals surface area contributed by atoms with Gasteiger partial charge in [0, 0.05) is 12.6 Å². The van der Waals surface area contributed by atoms with E-state index in [1.807, 2.05) is 11.5 Å². The van der Waals surface area contributed by atoms with Gasteiger partial charge in [-0.15, -0.1) is 0 Å². The molecule has 0 radical (unpaired) electrons. The van der Waals surface area contributed by atoms with E-state index in [4.69, 9.17) is 10.5 Å². The summed E-state index contributed by atoms with van der Waals surface area (Å²) in [4.78, 5) is 4.09. The number of benzene rings is 1. The maximum atomic E-state index is 13.9. The number of imidazole rings is 1. The van der Waals surface area contributed by atoms with Gasteiger partial charge in [0.1, 0.15) is 6.61 Å². The number of hydrogen-bond acceptors (Lipinski definition) is 3. The van der Waals surface area contributed by atoms with Crippen LogP contribution < -0.4 is 10.5 Å². The molecule has 5 heteroatoms. The Hall–Kier alpha value is -1.88. The predicted molar refractivity (Wildman–Crippen MR) is 75.9 cm³/mol. The third-order valence-electron chi connectivity index (χ3n) is 3.12. The van der Waals surface area contributed by atoms with Crippen LogP contribution in [0, 0.1) is 5.82 Å². The molecular weight excluding hydrogens is 257 g/mol. The summed E-state index contributed by atoms with van der Waals surface area (Å²) in [6, 6.07) is 4.63. The molecule has 2 N–H and O–H groups in total. The molecule has 1 atom stereocenters. The molecule has 1 unspecified atom stereocenters. The standard InChI is InChI=1S/C15H20FN3O/c1-3-6-19-10-18-8-13(19)9-20-15-5-4-12(11(2)17)7-14(15)16/h4-5,7-8,10-11H,3,6,9,17H2,1-2H3. The van der Waals surface area contributed by atoms with Gasteiger partial charge in [-0.1, -0.05) is 13.0 Å². The molecule has 20 heavy (non-hydrogen) atoms. The van der Waals surface area contributed by atoms with Crippen LogP contribution >= 0.6 is 0 Å². The minimum Gasteiger partial charge on any atom is -0.484 e. The minimum atomic E-state index is -0.388. The summed E-state index contributed by atoms with van der Waals surface area (Å²) in [5.41, 5.74) is 7.41. The lowest BCUT2D eigenvalue weighted by Gasteiger charge is -2.11. The molecule has 0 saturated heterocycles. The SMILES string of the molecule is CCCn1cncc1COc1ccc(C(C)N)cc1F. The summed E-state index contributed by atoms with van der Waals surface area (Å²) >= 11 is 0. The average Bonchev–Trinajstić information content (AvgIpc) is 2.85. The zero-order valence-corrected chi connectivity index (χ0v) is 11.8. The Kier molecular flexibility index (Phi) is 4.74. The molecule has 108 valence electrons. The van der Waals surface area contributed by atoms with Crippen LogP contribution in [0.4, 0.5) is 4.39 Å². The van der Waals surface area contributed by atoms with Gasteiger partial charge in [0.15, 0.2) is 11.6 Å². The molecule has 4 nitrogen and oxygen atoms in total. The Labute approximate surface area is 118 Å². The summed E-state index contributed by atoms with van der Waals surface area (Å²) in [7, 11) is 0. The highest BCUT2D eigenvalue weighted by Gasteiger charge is 2.09. The highest BCUT2D eigenvalue weighted by Crippen LogP contribution is 2.22. The number of nitrogens with two attached hydrogens (primary N) is 1. The van der Waals surface area contributed by atoms with E-state index in [-0.39, 0.29) is 17.6 Å². The van der Waals surface area contributed by atoms with E-state index in [1.165, 1.54) is 6.07 Å². The second kappa shape index (κ2) is 6.52. The van der Waals surface area contributed by atoms with Gasteiger partial charge in [0.2, 0.25) is 0 Å². The number of aryl methyl sites for hydroxylation is 1. The zero-order valence-electron chi connectivity index (χ0n) is 11.8. The average molecular weight is 277 g/mol. The van der Waals surface area contributed by atoms with Crippen LogP contribution in [0.3, 0.4) is 0 Å². The molecule has 0 bridgehead atoms. The minimum absolute atomic E-state index is 0.190. The molecule has 0 aliphatic heterocycles. The van der Waals surface area contributed by atoms with Crippen molar-refractivity contribution in [1.82, 2.24) is 9.55 Å². The van der Waals surface area contributed by atoms with Crippen LogP contribution in [0.5, 0.6) is 5.75 Å². The van der Waals surface area contributed by atoms with Crippen molar-refractivity contribution in [3.8, 4) is 5.75 Å². The number of aromatic nitrogens is 2. The fourth-order valence-electron chi connectivity index (χ4n) is 1.98. The molecule has 1 aromatic heterocycles. The van der Waals surface area contributed by atoms with Crippen LogP contribution in [-0.2, 0) is 13.2 Å². The molecular formula is C15H20FN3O. The van der Waals surface area contributed by atoms with E-state index in [0.717, 1.165) is 24.2 Å². The van der Waals surface area contributed by atoms with Gasteiger partial charge in [0.05, 0.1) is 18.2 Å². The van der Waals surface area contributed by atoms with Crippen LogP contribution in [-0.4, -0.2) is 9.55 Å². The van der Waals surface area contributed by atoms with E-state index >= 15 is 0 Å². The fourth-order valence-corrected chi connectivity index (χ4v) is 1.98. The lowest BCUT2D eigenvalue weighted by atomic mass is 10.1. The molecule has 0 aliphatic carbocycles. The predicted octanol–water partition coefficient (Wildman–Crippen LogP) is 3.03. The second-order valence-electron chi connectivity index (χ2n) is 4.85. The van der Waals surface area contributed by atoms with Crippen molar-refractivity contribution in [3.63, 3.8) is 0 Å². The van der Waals surface area contributed by atoms with Crippen molar-refractivity contribution < 1.29 is 9.13 Å². The van der Waals surface area contributed by atoms with Crippen LogP contribution in [0.2, 0.25) is 0 Å². The first-order valence-corrected chi connectivity index (χ1v) is 6.78. The topological polar surface area (TPSA) is 53.1 Å². The quantitative estimate of drug-likeness (QED) is 0.883. The number of ether oxygens (including phenoxy) is 1. The van der Waals surface area contributed by atoms with Crippen molar-refractivity contribution in [3.05, 3.63) is 47.8 Å². The number of hydrogen-bond donors (Lipinski definition) is 1. The number of halogens is 1. The normalized spacial score (nSPS) is 12.4. The van der Waals surface area contributed by atoms with E-state index < -0.39 is 0 Å². The summed E-state index contributed by atoms with van der Waals surface area (Å²) in [5, 5.41) is 0. The van der Waals surface area contributed by atoms with E-state index in [1.54, 1.807) is 24.7 Å². The Morgan fingerprint density at radius 3 is 2.90 bits per heavy atom. The van der Waals surface area contributed by atoms with Crippen LogP contribution in [0.25, 0.3) is 0 Å². The third-order valence-corrected chi connectivity index (χ3v) is 3.12. The van der Waals surface area contributed by atoms with Crippen LogP contribution in [0.15, 0.2) is 30.7 Å². The molecule has 1 aromatic carbocycles. The summed E-state index contributed by atoms with van der Waals surface area (Å²) in [5.74, 6) is -0.153. The molecule has 1 heterocycles. The van der Waals surface area contributed by atoms with Gasteiger partial charge in [-0.25, -0.2) is 9.37 Å². The van der Waals surface area contributed by atoms with Crippen molar-refractivity contribution in [1.29, 1.82) is 0 Å². The Bertz CT molecular complexity index is 566. The Morgan fingerprint density at radius 2 is 2.25 bits per heavy atom. The first-order valence-electron chi connectivity index (χ1n) is 6.78. The monoisotopic (exact) mass is 277 g/mol. The summed E-state index contributed by atoms with van der Waals surface area (Å²) < 4.78 is 21.4. The zero-order chi connectivity index (χ0) is 14.5. The van der Waals surface area contributed by atoms with E-state index in [2.05, 4.69) is 11.9 Å². The van der Waals surface area contributed by atoms with E-state index in [9.17, 15) is 4.39 Å². The largest absolute Gasteiger partial charge is 0.484 e.